The van der Waals surface area contributed by atoms with Gasteiger partial charge in [0.25, 0.3) is 5.91 Å². The highest BCUT2D eigenvalue weighted by Crippen LogP contribution is 2.09. The molecule has 0 aliphatic rings. The predicted octanol–water partition coefficient (Wildman–Crippen LogP) is 2.39. The van der Waals surface area contributed by atoms with Crippen LogP contribution < -0.4 is 5.32 Å². The quantitative estimate of drug-likeness (QED) is 0.659. The number of hydrogen-bond acceptors (Lipinski definition) is 4. The zero-order valence-electron chi connectivity index (χ0n) is 11.4. The van der Waals surface area contributed by atoms with Crippen LogP contribution >= 0.6 is 0 Å². The molecule has 1 aromatic carbocycles. The number of allylic oxidation sites excluding steroid dienone is 1. The summed E-state index contributed by atoms with van der Waals surface area (Å²) in [5.41, 5.74) is 1.05. The van der Waals surface area contributed by atoms with Crippen molar-refractivity contribution in [3.8, 4) is 6.07 Å². The molecular formula is C15H16N2O3. The van der Waals surface area contributed by atoms with Gasteiger partial charge in [-0.15, -0.1) is 0 Å². The number of amides is 1. The van der Waals surface area contributed by atoms with Crippen molar-refractivity contribution in [1.82, 2.24) is 0 Å². The SMILES string of the molecule is CC/C=C/C(=O)O[C@H](C)C(=O)Nc1ccc(C#N)cc1. The van der Waals surface area contributed by atoms with Gasteiger partial charge in [0, 0.05) is 11.8 Å². The van der Waals surface area contributed by atoms with Gasteiger partial charge in [-0.25, -0.2) is 4.79 Å². The number of carbonyl (C=O) groups excluding carboxylic acids is 2. The molecule has 1 amide bonds. The number of benzene rings is 1. The number of ether oxygens (including phenoxy) is 1. The minimum atomic E-state index is -0.889. The second kappa shape index (κ2) is 7.74. The minimum absolute atomic E-state index is 0.423. The maximum absolute atomic E-state index is 11.8. The summed E-state index contributed by atoms with van der Waals surface area (Å²) in [4.78, 5) is 23.1. The van der Waals surface area contributed by atoms with Crippen molar-refractivity contribution in [2.75, 3.05) is 5.32 Å². The fourth-order valence-electron chi connectivity index (χ4n) is 1.35. The van der Waals surface area contributed by atoms with Crippen LogP contribution in [0, 0.1) is 11.3 Å². The molecular weight excluding hydrogens is 256 g/mol. The lowest BCUT2D eigenvalue weighted by molar-refractivity contribution is -0.148. The van der Waals surface area contributed by atoms with Crippen molar-refractivity contribution < 1.29 is 14.3 Å². The molecule has 0 aliphatic carbocycles. The van der Waals surface area contributed by atoms with E-state index in [1.54, 1.807) is 30.3 Å². The Kier molecular flexibility index (Phi) is 5.98. The van der Waals surface area contributed by atoms with Gasteiger partial charge in [0.2, 0.25) is 0 Å². The second-order valence-electron chi connectivity index (χ2n) is 4.07. The van der Waals surface area contributed by atoms with Gasteiger partial charge < -0.3 is 10.1 Å². The van der Waals surface area contributed by atoms with Crippen LogP contribution in [0.1, 0.15) is 25.8 Å². The van der Waals surface area contributed by atoms with Crippen molar-refractivity contribution in [2.24, 2.45) is 0 Å². The number of hydrogen-bond donors (Lipinski definition) is 1. The zero-order valence-corrected chi connectivity index (χ0v) is 11.4. The van der Waals surface area contributed by atoms with Crippen LogP contribution in [-0.2, 0) is 14.3 Å². The molecule has 0 spiro atoms. The van der Waals surface area contributed by atoms with E-state index in [9.17, 15) is 9.59 Å². The van der Waals surface area contributed by atoms with E-state index in [1.165, 1.54) is 13.0 Å². The molecule has 1 rings (SSSR count). The molecule has 0 aliphatic heterocycles. The molecule has 5 heteroatoms. The standard InChI is InChI=1S/C15H16N2O3/c1-3-4-5-14(18)20-11(2)15(19)17-13-8-6-12(10-16)7-9-13/h4-9,11H,3H2,1-2H3,(H,17,19)/b5-4+/t11-/m1/s1. The third-order valence-corrected chi connectivity index (χ3v) is 2.43. The first-order valence-corrected chi connectivity index (χ1v) is 6.25. The number of esters is 1. The predicted molar refractivity (Wildman–Crippen MR) is 74.8 cm³/mol. The summed E-state index contributed by atoms with van der Waals surface area (Å²) in [6.45, 7) is 3.39. The summed E-state index contributed by atoms with van der Waals surface area (Å²) < 4.78 is 4.94. The molecule has 0 saturated carbocycles. The Labute approximate surface area is 117 Å². The first-order chi connectivity index (χ1) is 9.56. The maximum atomic E-state index is 11.8. The van der Waals surface area contributed by atoms with Crippen LogP contribution in [-0.4, -0.2) is 18.0 Å². The smallest absolute Gasteiger partial charge is 0.331 e. The maximum Gasteiger partial charge on any atom is 0.331 e. The fraction of sp³-hybridized carbons (Fsp3) is 0.267. The summed E-state index contributed by atoms with van der Waals surface area (Å²) in [5, 5.41) is 11.3. The van der Waals surface area contributed by atoms with Crippen molar-refractivity contribution in [3.05, 3.63) is 42.0 Å². The van der Waals surface area contributed by atoms with E-state index >= 15 is 0 Å². The Morgan fingerprint density at radius 1 is 1.40 bits per heavy atom. The lowest BCUT2D eigenvalue weighted by Crippen LogP contribution is -2.29. The number of nitrogens with zero attached hydrogens (tertiary/aromatic N) is 1. The Bertz CT molecular complexity index is 541. The lowest BCUT2D eigenvalue weighted by atomic mass is 10.2. The van der Waals surface area contributed by atoms with Crippen LogP contribution in [0.5, 0.6) is 0 Å². The van der Waals surface area contributed by atoms with Crippen molar-refractivity contribution >= 4 is 17.6 Å². The number of rotatable bonds is 5. The molecule has 104 valence electrons. The largest absolute Gasteiger partial charge is 0.449 e. The van der Waals surface area contributed by atoms with Crippen LogP contribution in [0.25, 0.3) is 0 Å². The fourth-order valence-corrected chi connectivity index (χ4v) is 1.35. The molecule has 0 bridgehead atoms. The summed E-state index contributed by atoms with van der Waals surface area (Å²) in [6.07, 6.45) is 2.79. The topological polar surface area (TPSA) is 79.2 Å². The molecule has 5 nitrogen and oxygen atoms in total. The summed E-state index contributed by atoms with van der Waals surface area (Å²) >= 11 is 0. The van der Waals surface area contributed by atoms with Crippen LogP contribution in [0.2, 0.25) is 0 Å². The molecule has 0 aromatic heterocycles. The highest BCUT2D eigenvalue weighted by atomic mass is 16.5. The first-order valence-electron chi connectivity index (χ1n) is 6.25. The van der Waals surface area contributed by atoms with E-state index in [1.807, 2.05) is 13.0 Å². The lowest BCUT2D eigenvalue weighted by Gasteiger charge is -2.12. The molecule has 0 heterocycles. The number of nitrogens with one attached hydrogen (secondary N) is 1. The summed E-state index contributed by atoms with van der Waals surface area (Å²) in [6, 6.07) is 8.40. The van der Waals surface area contributed by atoms with Gasteiger partial charge in [0.1, 0.15) is 0 Å². The average molecular weight is 272 g/mol. The molecule has 0 radical (unpaired) electrons. The Morgan fingerprint density at radius 3 is 2.60 bits per heavy atom. The summed E-state index contributed by atoms with van der Waals surface area (Å²) in [7, 11) is 0. The van der Waals surface area contributed by atoms with Crippen molar-refractivity contribution in [3.63, 3.8) is 0 Å². The molecule has 1 aromatic rings. The van der Waals surface area contributed by atoms with Crippen molar-refractivity contribution in [1.29, 1.82) is 5.26 Å². The van der Waals surface area contributed by atoms with Gasteiger partial charge in [0.15, 0.2) is 6.10 Å². The minimum Gasteiger partial charge on any atom is -0.449 e. The van der Waals surface area contributed by atoms with Crippen LogP contribution in [0.3, 0.4) is 0 Å². The Hall–Kier alpha value is -2.61. The Morgan fingerprint density at radius 2 is 2.05 bits per heavy atom. The number of carbonyl (C=O) groups is 2. The van der Waals surface area contributed by atoms with Gasteiger partial charge in [-0.05, 0) is 37.6 Å². The summed E-state index contributed by atoms with van der Waals surface area (Å²) in [5.74, 6) is -0.970. The number of nitriles is 1. The first kappa shape index (κ1) is 15.4. The molecule has 1 N–H and O–H groups in total. The van der Waals surface area contributed by atoms with E-state index in [2.05, 4.69) is 5.32 Å². The highest BCUT2D eigenvalue weighted by Gasteiger charge is 2.16. The van der Waals surface area contributed by atoms with E-state index < -0.39 is 18.0 Å². The molecule has 20 heavy (non-hydrogen) atoms. The normalized spacial score (nSPS) is 11.7. The molecule has 0 saturated heterocycles. The van der Waals surface area contributed by atoms with Crippen LogP contribution in [0.4, 0.5) is 5.69 Å². The van der Waals surface area contributed by atoms with Gasteiger partial charge >= 0.3 is 5.97 Å². The Balaban J connectivity index is 2.55. The van der Waals surface area contributed by atoms with Gasteiger partial charge in [-0.2, -0.15) is 5.26 Å². The van der Waals surface area contributed by atoms with Crippen LogP contribution in [0.15, 0.2) is 36.4 Å². The van der Waals surface area contributed by atoms with Gasteiger partial charge in [-0.3, -0.25) is 4.79 Å². The van der Waals surface area contributed by atoms with Crippen molar-refractivity contribution in [2.45, 2.75) is 26.4 Å². The van der Waals surface area contributed by atoms with Gasteiger partial charge in [0.05, 0.1) is 11.6 Å². The van der Waals surface area contributed by atoms with Gasteiger partial charge in [-0.1, -0.05) is 13.0 Å². The molecule has 0 unspecified atom stereocenters. The molecule has 1 atom stereocenters. The van der Waals surface area contributed by atoms with E-state index in [4.69, 9.17) is 10.00 Å². The third kappa shape index (κ3) is 4.94. The highest BCUT2D eigenvalue weighted by molar-refractivity contribution is 5.95. The van der Waals surface area contributed by atoms with E-state index in [-0.39, 0.29) is 0 Å². The van der Waals surface area contributed by atoms with E-state index in [0.717, 1.165) is 6.42 Å². The van der Waals surface area contributed by atoms with E-state index in [0.29, 0.717) is 11.3 Å². The molecule has 0 fully saturated rings. The zero-order chi connectivity index (χ0) is 15.0. The number of anilines is 1. The third-order valence-electron chi connectivity index (χ3n) is 2.43. The second-order valence-corrected chi connectivity index (χ2v) is 4.07. The monoisotopic (exact) mass is 272 g/mol. The average Bonchev–Trinajstić information content (AvgIpc) is 2.45.